The van der Waals surface area contributed by atoms with E-state index < -0.39 is 11.5 Å². The van der Waals surface area contributed by atoms with E-state index in [0.717, 1.165) is 5.75 Å². The van der Waals surface area contributed by atoms with E-state index in [4.69, 9.17) is 16.6 Å². The number of aliphatic carboxylic acids is 1. The van der Waals surface area contributed by atoms with Gasteiger partial charge in [-0.3, -0.25) is 9.79 Å². The van der Waals surface area contributed by atoms with Crippen LogP contribution in [0.4, 0.5) is 0 Å². The van der Waals surface area contributed by atoms with Crippen LogP contribution in [0.5, 0.6) is 0 Å². The Hall–Kier alpha value is -0.750. The Labute approximate surface area is 94.3 Å². The smallest absolute Gasteiger partial charge is 0.324 e. The topological polar surface area (TPSA) is 102 Å². The molecule has 5 N–H and O–H groups in total. The number of carbonyl (C=O) groups is 1. The van der Waals surface area contributed by atoms with E-state index in [0.29, 0.717) is 24.6 Å². The Bertz CT molecular complexity index is 242. The van der Waals surface area contributed by atoms with Crippen LogP contribution in [0, 0.1) is 0 Å². The number of nitrogens with zero attached hydrogens (tertiary/aromatic N) is 1. The van der Waals surface area contributed by atoms with Gasteiger partial charge in [0, 0.05) is 18.1 Å². The molecule has 6 heteroatoms. The molecule has 0 aromatic heterocycles. The highest BCUT2D eigenvalue weighted by molar-refractivity contribution is 7.99. The molecule has 5 nitrogen and oxygen atoms in total. The molecular formula is C9H19N3O2S. The van der Waals surface area contributed by atoms with Crippen molar-refractivity contribution in [2.45, 2.75) is 25.8 Å². The summed E-state index contributed by atoms with van der Waals surface area (Å²) in [6, 6.07) is 0. The van der Waals surface area contributed by atoms with Gasteiger partial charge in [-0.1, -0.05) is 6.92 Å². The number of hydrogen-bond acceptors (Lipinski definition) is 4. The molecule has 0 aliphatic heterocycles. The molecule has 1 unspecified atom stereocenters. The predicted molar refractivity (Wildman–Crippen MR) is 64.3 cm³/mol. The molecule has 1 atom stereocenters. The first kappa shape index (κ1) is 14.2. The molecule has 0 saturated heterocycles. The van der Waals surface area contributed by atoms with Crippen molar-refractivity contribution in [3.63, 3.8) is 0 Å². The SMILES string of the molecule is CCC(N)(CSCCN=C(C)N)C(=O)O. The van der Waals surface area contributed by atoms with Gasteiger partial charge in [0.15, 0.2) is 0 Å². The Morgan fingerprint density at radius 3 is 2.60 bits per heavy atom. The summed E-state index contributed by atoms with van der Waals surface area (Å²) in [5.41, 5.74) is 9.94. The minimum absolute atomic E-state index is 0.401. The minimum Gasteiger partial charge on any atom is -0.480 e. The van der Waals surface area contributed by atoms with E-state index in [1.807, 2.05) is 0 Å². The molecule has 0 aliphatic rings. The third-order valence-electron chi connectivity index (χ3n) is 2.01. The van der Waals surface area contributed by atoms with Gasteiger partial charge in [-0.15, -0.1) is 0 Å². The lowest BCUT2D eigenvalue weighted by Gasteiger charge is -2.21. The zero-order chi connectivity index (χ0) is 11.9. The molecule has 0 spiro atoms. The first-order chi connectivity index (χ1) is 6.92. The first-order valence-corrected chi connectivity index (χ1v) is 5.94. The van der Waals surface area contributed by atoms with Crippen LogP contribution in [-0.2, 0) is 4.79 Å². The highest BCUT2D eigenvalue weighted by atomic mass is 32.2. The summed E-state index contributed by atoms with van der Waals surface area (Å²) >= 11 is 1.49. The molecule has 0 aromatic carbocycles. The second-order valence-corrected chi connectivity index (χ2v) is 4.50. The summed E-state index contributed by atoms with van der Waals surface area (Å²) < 4.78 is 0. The van der Waals surface area contributed by atoms with Crippen LogP contribution in [0.2, 0.25) is 0 Å². The Morgan fingerprint density at radius 2 is 2.20 bits per heavy atom. The predicted octanol–water partition coefficient (Wildman–Crippen LogP) is 0.289. The van der Waals surface area contributed by atoms with Crippen molar-refractivity contribution in [3.8, 4) is 0 Å². The lowest BCUT2D eigenvalue weighted by atomic mass is 10.0. The Kier molecular flexibility index (Phi) is 6.35. The summed E-state index contributed by atoms with van der Waals surface area (Å²) in [6.07, 6.45) is 0.425. The normalized spacial score (nSPS) is 16.1. The highest BCUT2D eigenvalue weighted by Gasteiger charge is 2.31. The van der Waals surface area contributed by atoms with Crippen molar-refractivity contribution < 1.29 is 9.90 Å². The molecule has 0 bridgehead atoms. The fourth-order valence-electron chi connectivity index (χ4n) is 0.856. The molecule has 0 rings (SSSR count). The maximum atomic E-state index is 10.8. The number of carboxylic acid groups (broad SMARTS) is 1. The van der Waals surface area contributed by atoms with E-state index >= 15 is 0 Å². The van der Waals surface area contributed by atoms with Gasteiger partial charge in [-0.05, 0) is 13.3 Å². The van der Waals surface area contributed by atoms with Crippen molar-refractivity contribution in [2.24, 2.45) is 16.5 Å². The summed E-state index contributed by atoms with van der Waals surface area (Å²) in [7, 11) is 0. The van der Waals surface area contributed by atoms with Gasteiger partial charge in [-0.25, -0.2) is 0 Å². The average molecular weight is 233 g/mol. The number of amidine groups is 1. The number of rotatable bonds is 7. The maximum Gasteiger partial charge on any atom is 0.324 e. The highest BCUT2D eigenvalue weighted by Crippen LogP contribution is 2.14. The lowest BCUT2D eigenvalue weighted by molar-refractivity contribution is -0.142. The number of aliphatic imine (C=N–C) groups is 1. The fraction of sp³-hybridized carbons (Fsp3) is 0.778. The molecular weight excluding hydrogens is 214 g/mol. The largest absolute Gasteiger partial charge is 0.480 e. The van der Waals surface area contributed by atoms with E-state index in [1.165, 1.54) is 11.8 Å². The van der Waals surface area contributed by atoms with Crippen molar-refractivity contribution in [1.82, 2.24) is 0 Å². The molecule has 0 radical (unpaired) electrons. The quantitative estimate of drug-likeness (QED) is 0.333. The fourth-order valence-corrected chi connectivity index (χ4v) is 1.91. The van der Waals surface area contributed by atoms with Gasteiger partial charge in [0.2, 0.25) is 0 Å². The van der Waals surface area contributed by atoms with Gasteiger partial charge < -0.3 is 16.6 Å². The van der Waals surface area contributed by atoms with Crippen molar-refractivity contribution in [2.75, 3.05) is 18.1 Å². The zero-order valence-electron chi connectivity index (χ0n) is 9.19. The standard InChI is InChI=1S/C9H19N3O2S/c1-3-9(11,8(13)14)6-15-5-4-12-7(2)10/h3-6,11H2,1-2H3,(H2,10,12)(H,13,14). The number of hydrogen-bond donors (Lipinski definition) is 3. The lowest BCUT2D eigenvalue weighted by Crippen LogP contribution is -2.49. The van der Waals surface area contributed by atoms with Gasteiger partial charge in [0.05, 0.1) is 5.84 Å². The van der Waals surface area contributed by atoms with Crippen LogP contribution < -0.4 is 11.5 Å². The van der Waals surface area contributed by atoms with Gasteiger partial charge >= 0.3 is 5.97 Å². The molecule has 15 heavy (non-hydrogen) atoms. The van der Waals surface area contributed by atoms with E-state index in [9.17, 15) is 4.79 Å². The van der Waals surface area contributed by atoms with Gasteiger partial charge in [0.25, 0.3) is 0 Å². The number of carboxylic acids is 1. The Balaban J connectivity index is 3.84. The second kappa shape index (κ2) is 6.68. The third-order valence-corrected chi connectivity index (χ3v) is 3.20. The van der Waals surface area contributed by atoms with Gasteiger partial charge in [0.1, 0.15) is 5.54 Å². The molecule has 0 heterocycles. The summed E-state index contributed by atoms with van der Waals surface area (Å²) in [5.74, 6) is 0.734. The molecule has 0 aliphatic carbocycles. The van der Waals surface area contributed by atoms with Crippen molar-refractivity contribution in [3.05, 3.63) is 0 Å². The van der Waals surface area contributed by atoms with E-state index in [-0.39, 0.29) is 0 Å². The van der Waals surface area contributed by atoms with Crippen LogP contribution in [0.15, 0.2) is 4.99 Å². The van der Waals surface area contributed by atoms with Crippen LogP contribution in [0.1, 0.15) is 20.3 Å². The monoisotopic (exact) mass is 233 g/mol. The summed E-state index contributed by atoms with van der Waals surface area (Å²) in [5, 5.41) is 8.89. The molecule has 0 aromatic rings. The van der Waals surface area contributed by atoms with Crippen LogP contribution >= 0.6 is 11.8 Å². The van der Waals surface area contributed by atoms with Crippen LogP contribution in [-0.4, -0.2) is 40.5 Å². The van der Waals surface area contributed by atoms with Crippen molar-refractivity contribution in [1.29, 1.82) is 0 Å². The van der Waals surface area contributed by atoms with Crippen LogP contribution in [0.3, 0.4) is 0 Å². The van der Waals surface area contributed by atoms with E-state index in [1.54, 1.807) is 13.8 Å². The second-order valence-electron chi connectivity index (χ2n) is 3.39. The summed E-state index contributed by atoms with van der Waals surface area (Å²) in [4.78, 5) is 14.8. The summed E-state index contributed by atoms with van der Waals surface area (Å²) in [6.45, 7) is 4.10. The van der Waals surface area contributed by atoms with Gasteiger partial charge in [-0.2, -0.15) is 11.8 Å². The number of nitrogens with two attached hydrogens (primary N) is 2. The van der Waals surface area contributed by atoms with Crippen molar-refractivity contribution >= 4 is 23.6 Å². The minimum atomic E-state index is -1.12. The average Bonchev–Trinajstić information content (AvgIpc) is 2.16. The number of thioether (sulfide) groups is 1. The molecule has 0 saturated carbocycles. The first-order valence-electron chi connectivity index (χ1n) is 4.79. The van der Waals surface area contributed by atoms with Crippen LogP contribution in [0.25, 0.3) is 0 Å². The molecule has 88 valence electrons. The van der Waals surface area contributed by atoms with E-state index in [2.05, 4.69) is 4.99 Å². The Morgan fingerprint density at radius 1 is 1.60 bits per heavy atom. The third kappa shape index (κ3) is 5.64. The zero-order valence-corrected chi connectivity index (χ0v) is 10.0. The maximum absolute atomic E-state index is 10.8. The molecule has 0 fully saturated rings. The molecule has 0 amide bonds.